The molecule has 1 aromatic carbocycles. The molecule has 0 aliphatic heterocycles. The Hall–Kier alpha value is -2.11. The number of hydrogen-bond donors (Lipinski definition) is 2. The van der Waals surface area contributed by atoms with Gasteiger partial charge in [0, 0.05) is 29.5 Å². The maximum absolute atomic E-state index is 12.0. The van der Waals surface area contributed by atoms with E-state index < -0.39 is 0 Å². The van der Waals surface area contributed by atoms with Crippen LogP contribution >= 0.6 is 23.2 Å². The summed E-state index contributed by atoms with van der Waals surface area (Å²) in [5, 5.41) is 6.33. The summed E-state index contributed by atoms with van der Waals surface area (Å²) in [6, 6.07) is 8.67. The molecule has 5 nitrogen and oxygen atoms in total. The zero-order valence-corrected chi connectivity index (χ0v) is 14.4. The quantitative estimate of drug-likeness (QED) is 0.705. The third kappa shape index (κ3) is 5.83. The van der Waals surface area contributed by atoms with Gasteiger partial charge in [-0.25, -0.2) is 0 Å². The fraction of sp³-hybridized carbons (Fsp3) is 0.235. The maximum Gasteiger partial charge on any atom is 0.251 e. The molecular weight excluding hydrogens is 349 g/mol. The maximum atomic E-state index is 12.0. The molecule has 0 aliphatic rings. The van der Waals surface area contributed by atoms with E-state index in [0.29, 0.717) is 23.6 Å². The standard InChI is InChI=1S/C17H17Cl2N3O2/c18-8-16(23)11-22-15-6-12(9-20-10-15)4-5-21-17(24)13-2-1-3-14(19)7-13/h1-3,6-7,9-10,22H,4-5,8,11H2,(H,21,24). The molecule has 0 saturated carbocycles. The molecule has 0 saturated heterocycles. The predicted molar refractivity (Wildman–Crippen MR) is 95.9 cm³/mol. The first-order valence-corrected chi connectivity index (χ1v) is 8.29. The minimum absolute atomic E-state index is 0.0182. The van der Waals surface area contributed by atoms with Crippen molar-refractivity contribution in [3.05, 3.63) is 58.9 Å². The Kier molecular flexibility index (Phi) is 7.03. The van der Waals surface area contributed by atoms with Crippen molar-refractivity contribution in [1.29, 1.82) is 0 Å². The molecule has 1 heterocycles. The fourth-order valence-corrected chi connectivity index (χ4v) is 2.31. The lowest BCUT2D eigenvalue weighted by atomic mass is 10.2. The summed E-state index contributed by atoms with van der Waals surface area (Å²) in [6.45, 7) is 0.636. The first-order chi connectivity index (χ1) is 11.6. The topological polar surface area (TPSA) is 71.1 Å². The van der Waals surface area contributed by atoms with Gasteiger partial charge in [-0.3, -0.25) is 14.6 Å². The van der Waals surface area contributed by atoms with Gasteiger partial charge in [0.1, 0.15) is 0 Å². The normalized spacial score (nSPS) is 10.2. The number of hydrogen-bond acceptors (Lipinski definition) is 4. The van der Waals surface area contributed by atoms with Gasteiger partial charge in [-0.15, -0.1) is 11.6 Å². The molecule has 0 fully saturated rings. The number of ketones is 1. The molecular formula is C17H17Cl2N3O2. The molecule has 0 aliphatic carbocycles. The van der Waals surface area contributed by atoms with Gasteiger partial charge in [-0.1, -0.05) is 17.7 Å². The lowest BCUT2D eigenvalue weighted by molar-refractivity contribution is -0.115. The van der Waals surface area contributed by atoms with Crippen LogP contribution < -0.4 is 10.6 Å². The van der Waals surface area contributed by atoms with Crippen molar-refractivity contribution in [2.24, 2.45) is 0 Å². The number of aromatic nitrogens is 1. The average molecular weight is 366 g/mol. The molecule has 0 spiro atoms. The Bertz CT molecular complexity index is 722. The molecule has 0 bridgehead atoms. The number of nitrogens with one attached hydrogen (secondary N) is 2. The van der Waals surface area contributed by atoms with Crippen LogP contribution in [0.1, 0.15) is 15.9 Å². The van der Waals surface area contributed by atoms with Crippen LogP contribution in [0.15, 0.2) is 42.7 Å². The van der Waals surface area contributed by atoms with Crippen molar-refractivity contribution in [2.45, 2.75) is 6.42 Å². The van der Waals surface area contributed by atoms with E-state index in [9.17, 15) is 9.59 Å². The summed E-state index contributed by atoms with van der Waals surface area (Å²) < 4.78 is 0. The van der Waals surface area contributed by atoms with Crippen molar-refractivity contribution < 1.29 is 9.59 Å². The largest absolute Gasteiger partial charge is 0.377 e. The average Bonchev–Trinajstić information content (AvgIpc) is 2.60. The van der Waals surface area contributed by atoms with Crippen molar-refractivity contribution in [3.8, 4) is 0 Å². The second kappa shape index (κ2) is 9.25. The highest BCUT2D eigenvalue weighted by atomic mass is 35.5. The molecule has 0 atom stereocenters. The Balaban J connectivity index is 1.83. The van der Waals surface area contributed by atoms with Crippen LogP contribution in [0.3, 0.4) is 0 Å². The van der Waals surface area contributed by atoms with Crippen molar-refractivity contribution in [1.82, 2.24) is 10.3 Å². The van der Waals surface area contributed by atoms with Gasteiger partial charge in [0.15, 0.2) is 5.78 Å². The van der Waals surface area contributed by atoms with Crippen LogP contribution in [0.4, 0.5) is 5.69 Å². The summed E-state index contributed by atoms with van der Waals surface area (Å²) in [7, 11) is 0. The van der Waals surface area contributed by atoms with Gasteiger partial charge in [-0.05, 0) is 36.2 Å². The van der Waals surface area contributed by atoms with E-state index in [2.05, 4.69) is 15.6 Å². The molecule has 24 heavy (non-hydrogen) atoms. The van der Waals surface area contributed by atoms with Crippen LogP contribution in [0.2, 0.25) is 5.02 Å². The number of Topliss-reactive ketones (excluding diaryl/α,β-unsaturated/α-hetero) is 1. The number of alkyl halides is 1. The smallest absolute Gasteiger partial charge is 0.251 e. The molecule has 1 amide bonds. The van der Waals surface area contributed by atoms with Gasteiger partial charge >= 0.3 is 0 Å². The minimum atomic E-state index is -0.174. The first kappa shape index (κ1) is 18.2. The SMILES string of the molecule is O=C(CCl)CNc1cncc(CCNC(=O)c2cccc(Cl)c2)c1. The number of halogens is 2. The summed E-state index contributed by atoms with van der Waals surface area (Å²) in [6.07, 6.45) is 3.98. The van der Waals surface area contributed by atoms with Gasteiger partial charge in [0.05, 0.1) is 18.1 Å². The Labute approximate surface area is 150 Å². The van der Waals surface area contributed by atoms with E-state index >= 15 is 0 Å². The molecule has 7 heteroatoms. The fourth-order valence-electron chi connectivity index (χ4n) is 2.02. The number of rotatable bonds is 8. The number of carbonyl (C=O) groups excluding carboxylic acids is 2. The number of benzene rings is 1. The monoisotopic (exact) mass is 365 g/mol. The summed E-state index contributed by atoms with van der Waals surface area (Å²) in [4.78, 5) is 27.3. The molecule has 2 aromatic rings. The van der Waals surface area contributed by atoms with E-state index in [1.807, 2.05) is 6.07 Å². The Morgan fingerprint density at radius 1 is 1.17 bits per heavy atom. The zero-order valence-electron chi connectivity index (χ0n) is 12.9. The highest BCUT2D eigenvalue weighted by Crippen LogP contribution is 2.11. The molecule has 2 N–H and O–H groups in total. The van der Waals surface area contributed by atoms with Crippen LogP contribution in [0, 0.1) is 0 Å². The summed E-state index contributed by atoms with van der Waals surface area (Å²) in [5.41, 5.74) is 2.22. The van der Waals surface area contributed by atoms with Gasteiger partial charge in [0.2, 0.25) is 0 Å². The Morgan fingerprint density at radius 3 is 2.75 bits per heavy atom. The van der Waals surface area contributed by atoms with Crippen molar-refractivity contribution in [3.63, 3.8) is 0 Å². The lowest BCUT2D eigenvalue weighted by Crippen LogP contribution is -2.25. The highest BCUT2D eigenvalue weighted by Gasteiger charge is 2.06. The number of anilines is 1. The van der Waals surface area contributed by atoms with Crippen molar-refractivity contribution >= 4 is 40.6 Å². The first-order valence-electron chi connectivity index (χ1n) is 7.37. The van der Waals surface area contributed by atoms with E-state index in [1.165, 1.54) is 0 Å². The van der Waals surface area contributed by atoms with E-state index in [0.717, 1.165) is 11.3 Å². The van der Waals surface area contributed by atoms with Gasteiger partial charge in [-0.2, -0.15) is 0 Å². The van der Waals surface area contributed by atoms with Crippen LogP contribution in [0.5, 0.6) is 0 Å². The van der Waals surface area contributed by atoms with Crippen molar-refractivity contribution in [2.75, 3.05) is 24.3 Å². The molecule has 2 rings (SSSR count). The number of pyridine rings is 1. The third-order valence-electron chi connectivity index (χ3n) is 3.22. The molecule has 0 radical (unpaired) electrons. The third-order valence-corrected chi connectivity index (χ3v) is 3.75. The van der Waals surface area contributed by atoms with Gasteiger partial charge < -0.3 is 10.6 Å². The number of nitrogens with zero attached hydrogens (tertiary/aromatic N) is 1. The highest BCUT2D eigenvalue weighted by molar-refractivity contribution is 6.31. The second-order valence-electron chi connectivity index (χ2n) is 5.12. The molecule has 0 unspecified atom stereocenters. The predicted octanol–water partition coefficient (Wildman–Crippen LogP) is 2.93. The number of carbonyl (C=O) groups is 2. The molecule has 126 valence electrons. The molecule has 1 aromatic heterocycles. The Morgan fingerprint density at radius 2 is 2.00 bits per heavy atom. The number of amides is 1. The van der Waals surface area contributed by atoms with Gasteiger partial charge in [0.25, 0.3) is 5.91 Å². The van der Waals surface area contributed by atoms with Crippen LogP contribution in [-0.2, 0) is 11.2 Å². The summed E-state index contributed by atoms with van der Waals surface area (Å²) >= 11 is 11.3. The van der Waals surface area contributed by atoms with E-state index in [4.69, 9.17) is 23.2 Å². The summed E-state index contributed by atoms with van der Waals surface area (Å²) in [5.74, 6) is -0.279. The van der Waals surface area contributed by atoms with Crippen LogP contribution in [0.25, 0.3) is 0 Å². The van der Waals surface area contributed by atoms with E-state index in [1.54, 1.807) is 36.7 Å². The lowest BCUT2D eigenvalue weighted by Gasteiger charge is -2.08. The van der Waals surface area contributed by atoms with Crippen LogP contribution in [-0.4, -0.2) is 35.6 Å². The second-order valence-corrected chi connectivity index (χ2v) is 5.83. The van der Waals surface area contributed by atoms with E-state index in [-0.39, 0.29) is 24.1 Å². The minimum Gasteiger partial charge on any atom is -0.377 e. The zero-order chi connectivity index (χ0) is 17.4.